The first-order valence-electron chi connectivity index (χ1n) is 10.4. The molecule has 2 aliphatic rings. The molecule has 1 aliphatic heterocycles. The number of aliphatic hydroxyl groups excluding tert-OH is 1. The second kappa shape index (κ2) is 8.01. The van der Waals surface area contributed by atoms with Gasteiger partial charge in [0.1, 0.15) is 22.8 Å². The van der Waals surface area contributed by atoms with Gasteiger partial charge in [-0.2, -0.15) is 0 Å². The van der Waals surface area contributed by atoms with E-state index in [0.29, 0.717) is 39.5 Å². The number of carbonyl (C=O) groups excluding carboxylic acids is 2. The molecule has 1 atom stereocenters. The molecule has 2 amide bonds. The molecule has 1 aliphatic carbocycles. The van der Waals surface area contributed by atoms with Crippen molar-refractivity contribution in [2.24, 2.45) is 0 Å². The van der Waals surface area contributed by atoms with Crippen LogP contribution in [0.2, 0.25) is 0 Å². The van der Waals surface area contributed by atoms with Crippen molar-refractivity contribution in [3.05, 3.63) is 57.8 Å². The molecule has 8 heteroatoms. The lowest BCUT2D eigenvalue weighted by atomic mass is 9.89. The number of benzene rings is 1. The highest BCUT2D eigenvalue weighted by Gasteiger charge is 2.27. The van der Waals surface area contributed by atoms with E-state index in [2.05, 4.69) is 10.3 Å². The molecule has 3 aromatic rings. The normalized spacial score (nSPS) is 20.0. The first kappa shape index (κ1) is 20.1. The van der Waals surface area contributed by atoms with Gasteiger partial charge >= 0.3 is 0 Å². The van der Waals surface area contributed by atoms with E-state index in [1.165, 1.54) is 19.3 Å². The Morgan fingerprint density at radius 1 is 1.19 bits per heavy atom. The van der Waals surface area contributed by atoms with Crippen molar-refractivity contribution >= 4 is 40.0 Å². The number of hydrogen-bond donors (Lipinski definition) is 2. The maximum Gasteiger partial charge on any atom is 0.290 e. The van der Waals surface area contributed by atoms with Crippen molar-refractivity contribution < 1.29 is 23.5 Å². The second-order valence-corrected chi connectivity index (χ2v) is 9.04. The van der Waals surface area contributed by atoms with Crippen LogP contribution in [-0.2, 0) is 4.79 Å². The Morgan fingerprint density at radius 2 is 2.00 bits per heavy atom. The van der Waals surface area contributed by atoms with Crippen LogP contribution in [0.1, 0.15) is 72.8 Å². The third-order valence-corrected chi connectivity index (χ3v) is 6.64. The van der Waals surface area contributed by atoms with Gasteiger partial charge in [-0.15, -0.1) is 0 Å². The lowest BCUT2D eigenvalue weighted by molar-refractivity contribution is -0.115. The lowest BCUT2D eigenvalue weighted by Crippen LogP contribution is -2.17. The molecule has 0 spiro atoms. The van der Waals surface area contributed by atoms with Crippen molar-refractivity contribution in [2.75, 3.05) is 0 Å². The van der Waals surface area contributed by atoms with Gasteiger partial charge in [-0.3, -0.25) is 14.9 Å². The first-order valence-corrected chi connectivity index (χ1v) is 11.2. The van der Waals surface area contributed by atoms with Gasteiger partial charge in [0.05, 0.1) is 4.91 Å². The van der Waals surface area contributed by atoms with Crippen molar-refractivity contribution in [1.82, 2.24) is 10.3 Å². The van der Waals surface area contributed by atoms with E-state index in [-0.39, 0.29) is 5.24 Å². The summed E-state index contributed by atoms with van der Waals surface area (Å²) >= 11 is 0.876. The van der Waals surface area contributed by atoms with E-state index in [0.717, 1.165) is 35.6 Å². The van der Waals surface area contributed by atoms with Gasteiger partial charge in [0.2, 0.25) is 0 Å². The Balaban J connectivity index is 1.41. The van der Waals surface area contributed by atoms with Gasteiger partial charge < -0.3 is 13.9 Å². The Labute approximate surface area is 182 Å². The van der Waals surface area contributed by atoms with E-state index >= 15 is 0 Å². The Hall–Kier alpha value is -2.84. The van der Waals surface area contributed by atoms with Gasteiger partial charge in [-0.05, 0) is 61.4 Å². The zero-order chi connectivity index (χ0) is 21.5. The SMILES string of the molecule is Cc1oc(C2CCCCC2)nc1C(O)c1cc2cc(/C=C3\SC(=O)NC3=O)ccc2o1. The zero-order valence-corrected chi connectivity index (χ0v) is 17.8. The van der Waals surface area contributed by atoms with Crippen LogP contribution in [0.3, 0.4) is 0 Å². The van der Waals surface area contributed by atoms with Crippen LogP contribution in [-0.4, -0.2) is 21.2 Å². The van der Waals surface area contributed by atoms with Gasteiger partial charge in [-0.1, -0.05) is 25.3 Å². The van der Waals surface area contributed by atoms with E-state index in [1.807, 2.05) is 13.0 Å². The number of carbonyl (C=O) groups is 2. The molecule has 3 heterocycles. The molecule has 2 N–H and O–H groups in total. The summed E-state index contributed by atoms with van der Waals surface area (Å²) in [5.41, 5.74) is 1.86. The number of aromatic nitrogens is 1. The molecule has 1 saturated heterocycles. The van der Waals surface area contributed by atoms with Crippen molar-refractivity contribution in [2.45, 2.75) is 51.0 Å². The van der Waals surface area contributed by atoms with E-state index < -0.39 is 12.0 Å². The quantitative estimate of drug-likeness (QED) is 0.541. The van der Waals surface area contributed by atoms with Gasteiger partial charge in [0.15, 0.2) is 12.0 Å². The lowest BCUT2D eigenvalue weighted by Gasteiger charge is -2.17. The van der Waals surface area contributed by atoms with Crippen LogP contribution in [0.4, 0.5) is 4.79 Å². The van der Waals surface area contributed by atoms with Gasteiger partial charge in [-0.25, -0.2) is 4.98 Å². The zero-order valence-electron chi connectivity index (χ0n) is 17.0. The topological polar surface area (TPSA) is 106 Å². The molecular formula is C23H22N2O5S. The minimum absolute atomic E-state index is 0.317. The van der Waals surface area contributed by atoms with Crippen LogP contribution in [0, 0.1) is 6.92 Å². The number of furan rings is 1. The van der Waals surface area contributed by atoms with Crippen LogP contribution in [0.15, 0.2) is 38.0 Å². The van der Waals surface area contributed by atoms with Crippen molar-refractivity contribution in [1.29, 1.82) is 0 Å². The van der Waals surface area contributed by atoms with Crippen LogP contribution < -0.4 is 5.32 Å². The molecule has 2 fully saturated rings. The van der Waals surface area contributed by atoms with E-state index in [9.17, 15) is 14.7 Å². The number of oxazole rings is 1. The number of aliphatic hydroxyl groups is 1. The smallest absolute Gasteiger partial charge is 0.290 e. The fourth-order valence-electron chi connectivity index (χ4n) is 4.22. The Kier molecular flexibility index (Phi) is 5.19. The molecule has 31 heavy (non-hydrogen) atoms. The number of rotatable bonds is 4. The third-order valence-electron chi connectivity index (χ3n) is 5.83. The number of nitrogens with zero attached hydrogens (tertiary/aromatic N) is 1. The van der Waals surface area contributed by atoms with Gasteiger partial charge in [0, 0.05) is 11.3 Å². The minimum atomic E-state index is -1.02. The highest BCUT2D eigenvalue weighted by molar-refractivity contribution is 8.18. The third kappa shape index (κ3) is 3.93. The summed E-state index contributed by atoms with van der Waals surface area (Å²) in [6, 6.07) is 7.19. The number of nitrogens with one attached hydrogen (secondary N) is 1. The summed E-state index contributed by atoms with van der Waals surface area (Å²) in [6.07, 6.45) is 6.39. The summed E-state index contributed by atoms with van der Waals surface area (Å²) in [6.45, 7) is 1.82. The highest BCUT2D eigenvalue weighted by atomic mass is 32.2. The van der Waals surface area contributed by atoms with E-state index in [1.54, 1.807) is 24.3 Å². The summed E-state index contributed by atoms with van der Waals surface area (Å²) in [4.78, 5) is 28.1. The molecular weight excluding hydrogens is 416 g/mol. The van der Waals surface area contributed by atoms with Gasteiger partial charge in [0.25, 0.3) is 11.1 Å². The number of amides is 2. The first-order chi connectivity index (χ1) is 15.0. The number of imide groups is 1. The predicted octanol–water partition coefficient (Wildman–Crippen LogP) is 5.18. The number of aryl methyl sites for hydroxylation is 1. The fourth-order valence-corrected chi connectivity index (χ4v) is 4.90. The predicted molar refractivity (Wildman–Crippen MR) is 116 cm³/mol. The van der Waals surface area contributed by atoms with Crippen LogP contribution in [0.5, 0.6) is 0 Å². The summed E-state index contributed by atoms with van der Waals surface area (Å²) < 4.78 is 11.8. The second-order valence-electron chi connectivity index (χ2n) is 8.03. The standard InChI is InChI=1S/C23H22N2O5S/c1-12-19(24-22(29-12)14-5-3-2-4-6-14)20(26)17-11-15-9-13(7-8-16(15)30-17)10-18-21(27)25-23(28)31-18/h7-11,14,20,26H,2-6H2,1H3,(H,25,27,28)/b18-10-. The molecule has 0 bridgehead atoms. The number of thioether (sulfide) groups is 1. The average molecular weight is 439 g/mol. The molecule has 0 radical (unpaired) electrons. The molecule has 1 saturated carbocycles. The average Bonchev–Trinajstić information content (AvgIpc) is 3.44. The maximum atomic E-state index is 11.8. The number of hydrogen-bond acceptors (Lipinski definition) is 7. The van der Waals surface area contributed by atoms with Crippen molar-refractivity contribution in [3.63, 3.8) is 0 Å². The summed E-state index contributed by atoms with van der Waals surface area (Å²) in [5, 5.41) is 13.6. The Morgan fingerprint density at radius 3 is 2.74 bits per heavy atom. The minimum Gasteiger partial charge on any atom is -0.458 e. The molecule has 1 aromatic carbocycles. The van der Waals surface area contributed by atoms with E-state index in [4.69, 9.17) is 8.83 Å². The molecule has 7 nitrogen and oxygen atoms in total. The molecule has 160 valence electrons. The maximum absolute atomic E-state index is 11.8. The van der Waals surface area contributed by atoms with Crippen LogP contribution in [0.25, 0.3) is 17.0 Å². The monoisotopic (exact) mass is 438 g/mol. The summed E-state index contributed by atoms with van der Waals surface area (Å²) in [7, 11) is 0. The largest absolute Gasteiger partial charge is 0.458 e. The molecule has 5 rings (SSSR count). The highest BCUT2D eigenvalue weighted by Crippen LogP contribution is 2.36. The number of fused-ring (bicyclic) bond motifs is 1. The molecule has 2 aromatic heterocycles. The summed E-state index contributed by atoms with van der Waals surface area (Å²) in [5.74, 6) is 1.62. The Bertz CT molecular complexity index is 1200. The van der Waals surface area contributed by atoms with Crippen molar-refractivity contribution in [3.8, 4) is 0 Å². The van der Waals surface area contributed by atoms with Crippen LogP contribution >= 0.6 is 11.8 Å². The fraction of sp³-hybridized carbons (Fsp3) is 0.348. The molecule has 1 unspecified atom stereocenters.